The number of benzene rings is 2. The van der Waals surface area contributed by atoms with Gasteiger partial charge in [-0.1, -0.05) is 62.2 Å². The molecule has 0 aliphatic carbocycles. The molecule has 0 aliphatic rings. The van der Waals surface area contributed by atoms with E-state index in [1.165, 1.54) is 44.7 Å². The van der Waals surface area contributed by atoms with E-state index < -0.39 is 5.97 Å². The highest BCUT2D eigenvalue weighted by Crippen LogP contribution is 2.29. The molecular formula is C24H28Cl2N2O4. The van der Waals surface area contributed by atoms with Crippen LogP contribution in [0.2, 0.25) is 10.0 Å². The minimum Gasteiger partial charge on any atom is -0.493 e. The summed E-state index contributed by atoms with van der Waals surface area (Å²) in [4.78, 5) is 24.3. The van der Waals surface area contributed by atoms with E-state index >= 15 is 0 Å². The van der Waals surface area contributed by atoms with Crippen molar-refractivity contribution in [2.45, 2.75) is 51.9 Å². The average molecular weight is 479 g/mol. The summed E-state index contributed by atoms with van der Waals surface area (Å²) in [5.74, 6) is -0.180. The largest absolute Gasteiger partial charge is 0.493 e. The third kappa shape index (κ3) is 8.52. The van der Waals surface area contributed by atoms with Crippen molar-refractivity contribution in [1.82, 2.24) is 5.43 Å². The lowest BCUT2D eigenvalue weighted by Crippen LogP contribution is -2.16. The first-order chi connectivity index (χ1) is 15.4. The van der Waals surface area contributed by atoms with Crippen LogP contribution in [-0.4, -0.2) is 25.2 Å². The Hall–Kier alpha value is -2.57. The van der Waals surface area contributed by atoms with Crippen molar-refractivity contribution in [3.63, 3.8) is 0 Å². The van der Waals surface area contributed by atoms with Crippen molar-refractivity contribution in [2.75, 3.05) is 7.11 Å². The van der Waals surface area contributed by atoms with Crippen molar-refractivity contribution >= 4 is 41.3 Å². The zero-order valence-corrected chi connectivity index (χ0v) is 19.8. The van der Waals surface area contributed by atoms with Gasteiger partial charge in [0.1, 0.15) is 0 Å². The second-order valence-corrected chi connectivity index (χ2v) is 8.08. The molecule has 8 heteroatoms. The Labute approximate surface area is 198 Å². The molecule has 0 spiro atoms. The fourth-order valence-corrected chi connectivity index (χ4v) is 3.44. The van der Waals surface area contributed by atoms with Crippen LogP contribution in [0, 0.1) is 0 Å². The maximum atomic E-state index is 12.4. The number of ether oxygens (including phenoxy) is 2. The van der Waals surface area contributed by atoms with E-state index in [2.05, 4.69) is 17.5 Å². The number of unbranched alkanes of at least 4 members (excludes halogenated alkanes) is 5. The van der Waals surface area contributed by atoms with Gasteiger partial charge in [0.15, 0.2) is 11.5 Å². The Morgan fingerprint density at radius 1 is 1.00 bits per heavy atom. The Kier molecular flexibility index (Phi) is 11.0. The Morgan fingerprint density at radius 2 is 1.75 bits per heavy atom. The van der Waals surface area contributed by atoms with Gasteiger partial charge in [0.05, 0.1) is 23.9 Å². The fraction of sp³-hybridized carbons (Fsp3) is 0.375. The van der Waals surface area contributed by atoms with Crippen LogP contribution in [0.4, 0.5) is 0 Å². The molecule has 2 rings (SSSR count). The number of rotatable bonds is 12. The number of esters is 1. The van der Waals surface area contributed by atoms with E-state index in [9.17, 15) is 9.59 Å². The standard InChI is InChI=1S/C24H28Cl2N2O4/c1-3-4-5-6-7-8-9-23(29)28-27-16-17-10-13-21(22(14-17)31-2)32-24(30)19-12-11-18(25)15-20(19)26/h10-16H,3-9H2,1-2H3,(H,28,29)/b27-16+. The molecule has 172 valence electrons. The number of hydrazone groups is 1. The van der Waals surface area contributed by atoms with Crippen molar-refractivity contribution in [3.8, 4) is 11.5 Å². The molecule has 1 amide bonds. The second-order valence-electron chi connectivity index (χ2n) is 7.23. The normalized spacial score (nSPS) is 10.9. The summed E-state index contributed by atoms with van der Waals surface area (Å²) in [5.41, 5.74) is 3.39. The molecule has 2 aromatic rings. The first kappa shape index (κ1) is 25.7. The quantitative estimate of drug-likeness (QED) is 0.125. The van der Waals surface area contributed by atoms with E-state index in [1.54, 1.807) is 24.3 Å². The predicted molar refractivity (Wildman–Crippen MR) is 128 cm³/mol. The number of carbonyl (C=O) groups is 2. The first-order valence-corrected chi connectivity index (χ1v) is 11.4. The first-order valence-electron chi connectivity index (χ1n) is 10.6. The van der Waals surface area contributed by atoms with Gasteiger partial charge in [-0.3, -0.25) is 4.79 Å². The van der Waals surface area contributed by atoms with Gasteiger partial charge in [-0.15, -0.1) is 0 Å². The molecule has 0 aromatic heterocycles. The summed E-state index contributed by atoms with van der Waals surface area (Å²) >= 11 is 11.9. The van der Waals surface area contributed by atoms with Gasteiger partial charge in [0.25, 0.3) is 0 Å². The lowest BCUT2D eigenvalue weighted by atomic mass is 10.1. The van der Waals surface area contributed by atoms with Crippen LogP contribution in [0.5, 0.6) is 11.5 Å². The van der Waals surface area contributed by atoms with Gasteiger partial charge in [0, 0.05) is 11.4 Å². The maximum Gasteiger partial charge on any atom is 0.345 e. The van der Waals surface area contributed by atoms with Crippen molar-refractivity contribution in [2.24, 2.45) is 5.10 Å². The van der Waals surface area contributed by atoms with Crippen molar-refractivity contribution < 1.29 is 19.1 Å². The summed E-state index contributed by atoms with van der Waals surface area (Å²) < 4.78 is 10.7. The smallest absolute Gasteiger partial charge is 0.345 e. The molecule has 0 bridgehead atoms. The number of hydrogen-bond donors (Lipinski definition) is 1. The molecule has 0 unspecified atom stereocenters. The van der Waals surface area contributed by atoms with Gasteiger partial charge in [-0.2, -0.15) is 5.10 Å². The highest BCUT2D eigenvalue weighted by molar-refractivity contribution is 6.36. The minimum atomic E-state index is -0.631. The Bertz CT molecular complexity index is 948. The summed E-state index contributed by atoms with van der Waals surface area (Å²) in [5, 5.41) is 4.60. The van der Waals surface area contributed by atoms with E-state index in [0.717, 1.165) is 19.3 Å². The van der Waals surface area contributed by atoms with Gasteiger partial charge < -0.3 is 9.47 Å². The molecule has 0 saturated heterocycles. The summed E-state index contributed by atoms with van der Waals surface area (Å²) in [6.45, 7) is 2.18. The van der Waals surface area contributed by atoms with E-state index in [-0.39, 0.29) is 22.2 Å². The van der Waals surface area contributed by atoms with Crippen LogP contribution in [-0.2, 0) is 4.79 Å². The summed E-state index contributed by atoms with van der Waals surface area (Å²) in [7, 11) is 1.46. The van der Waals surface area contributed by atoms with E-state index in [1.807, 2.05) is 0 Å². The number of nitrogens with zero attached hydrogens (tertiary/aromatic N) is 1. The van der Waals surface area contributed by atoms with Crippen LogP contribution < -0.4 is 14.9 Å². The SMILES string of the molecule is CCCCCCCCC(=O)N/N=C/c1ccc(OC(=O)c2ccc(Cl)cc2Cl)c(OC)c1. The molecular weight excluding hydrogens is 451 g/mol. The molecule has 0 saturated carbocycles. The van der Waals surface area contributed by atoms with Gasteiger partial charge in [-0.05, 0) is 48.4 Å². The highest BCUT2D eigenvalue weighted by Gasteiger charge is 2.16. The van der Waals surface area contributed by atoms with Crippen LogP contribution in [0.3, 0.4) is 0 Å². The Morgan fingerprint density at radius 3 is 2.47 bits per heavy atom. The van der Waals surface area contributed by atoms with Gasteiger partial charge in [0.2, 0.25) is 5.91 Å². The third-order valence-corrected chi connectivity index (χ3v) is 5.25. The van der Waals surface area contributed by atoms with Gasteiger partial charge in [-0.25, -0.2) is 10.2 Å². The van der Waals surface area contributed by atoms with Gasteiger partial charge >= 0.3 is 5.97 Å². The van der Waals surface area contributed by atoms with Crippen molar-refractivity contribution in [1.29, 1.82) is 0 Å². The zero-order chi connectivity index (χ0) is 23.3. The van der Waals surface area contributed by atoms with Crippen LogP contribution in [0.25, 0.3) is 0 Å². The molecule has 0 fully saturated rings. The molecule has 0 radical (unpaired) electrons. The molecule has 0 atom stereocenters. The second kappa shape index (κ2) is 13.8. The lowest BCUT2D eigenvalue weighted by molar-refractivity contribution is -0.121. The number of carbonyl (C=O) groups excluding carboxylic acids is 2. The highest BCUT2D eigenvalue weighted by atomic mass is 35.5. The number of methoxy groups -OCH3 is 1. The summed E-state index contributed by atoms with van der Waals surface area (Å²) in [6.07, 6.45) is 8.69. The topological polar surface area (TPSA) is 77.0 Å². The zero-order valence-electron chi connectivity index (χ0n) is 18.3. The van der Waals surface area contributed by atoms with Crippen LogP contribution in [0.15, 0.2) is 41.5 Å². The molecule has 0 aliphatic heterocycles. The van der Waals surface area contributed by atoms with Crippen molar-refractivity contribution in [3.05, 3.63) is 57.6 Å². The number of amides is 1. The molecule has 0 heterocycles. The van der Waals surface area contributed by atoms with Crippen LogP contribution in [0.1, 0.15) is 67.8 Å². The third-order valence-electron chi connectivity index (χ3n) is 4.70. The maximum absolute atomic E-state index is 12.4. The average Bonchev–Trinajstić information content (AvgIpc) is 2.77. The van der Waals surface area contributed by atoms with Crippen LogP contribution >= 0.6 is 23.2 Å². The molecule has 6 nitrogen and oxygen atoms in total. The molecule has 1 N–H and O–H groups in total. The number of hydrogen-bond acceptors (Lipinski definition) is 5. The van der Waals surface area contributed by atoms with E-state index in [0.29, 0.717) is 22.8 Å². The Balaban J connectivity index is 1.89. The van der Waals surface area contributed by atoms with E-state index in [4.69, 9.17) is 32.7 Å². The molecule has 2 aromatic carbocycles. The lowest BCUT2D eigenvalue weighted by Gasteiger charge is -2.10. The molecule has 32 heavy (non-hydrogen) atoms. The minimum absolute atomic E-state index is 0.117. The number of halogens is 2. The predicted octanol–water partition coefficient (Wildman–Crippen LogP) is 6.42. The fourth-order valence-electron chi connectivity index (χ4n) is 2.96. The monoisotopic (exact) mass is 478 g/mol. The number of nitrogens with one attached hydrogen (secondary N) is 1. The summed E-state index contributed by atoms with van der Waals surface area (Å²) in [6, 6.07) is 9.45.